The van der Waals surface area contributed by atoms with Crippen molar-refractivity contribution in [2.75, 3.05) is 12.4 Å². The minimum absolute atomic E-state index is 0.0841. The molecule has 1 amide bonds. The van der Waals surface area contributed by atoms with Gasteiger partial charge in [-0.15, -0.1) is 5.10 Å². The minimum Gasteiger partial charge on any atom is -0.497 e. The highest BCUT2D eigenvalue weighted by Gasteiger charge is 2.31. The van der Waals surface area contributed by atoms with Crippen LogP contribution < -0.4 is 10.1 Å². The fourth-order valence-corrected chi connectivity index (χ4v) is 3.61. The Kier molecular flexibility index (Phi) is 5.34. The third-order valence-electron chi connectivity index (χ3n) is 4.56. The molecule has 1 saturated carbocycles. The lowest BCUT2D eigenvalue weighted by Crippen LogP contribution is -2.22. The summed E-state index contributed by atoms with van der Waals surface area (Å²) < 4.78 is 7.05. The summed E-state index contributed by atoms with van der Waals surface area (Å²) in [6.45, 7) is 1.86. The second-order valence-electron chi connectivity index (χ2n) is 6.75. The molecule has 0 radical (unpaired) electrons. The van der Waals surface area contributed by atoms with Crippen molar-refractivity contribution in [3.05, 3.63) is 60.4 Å². The van der Waals surface area contributed by atoms with Gasteiger partial charge in [0.2, 0.25) is 11.1 Å². The van der Waals surface area contributed by atoms with Crippen LogP contribution >= 0.6 is 11.8 Å². The van der Waals surface area contributed by atoms with E-state index in [-0.39, 0.29) is 11.2 Å². The number of nitrogens with zero attached hydrogens (tertiary/aromatic N) is 3. The van der Waals surface area contributed by atoms with Gasteiger partial charge in [0.1, 0.15) is 11.6 Å². The normalized spacial score (nSPS) is 14.5. The Morgan fingerprint density at radius 2 is 1.89 bits per heavy atom. The first-order valence-electron chi connectivity index (χ1n) is 9.28. The van der Waals surface area contributed by atoms with Crippen molar-refractivity contribution in [1.29, 1.82) is 0 Å². The second-order valence-corrected chi connectivity index (χ2v) is 8.06. The molecule has 7 heteroatoms. The number of thioether (sulfide) groups is 1. The molecular weight excluding hydrogens is 372 g/mol. The quantitative estimate of drug-likeness (QED) is 0.606. The van der Waals surface area contributed by atoms with Crippen LogP contribution in [0.5, 0.6) is 5.75 Å². The molecule has 1 aliphatic carbocycles. The highest BCUT2D eigenvalue weighted by atomic mass is 32.2. The first kappa shape index (κ1) is 18.6. The number of aromatic nitrogens is 3. The zero-order valence-corrected chi connectivity index (χ0v) is 16.6. The van der Waals surface area contributed by atoms with Crippen molar-refractivity contribution in [2.24, 2.45) is 0 Å². The van der Waals surface area contributed by atoms with Gasteiger partial charge in [-0.3, -0.25) is 4.79 Å². The van der Waals surface area contributed by atoms with Crippen LogP contribution in [0.15, 0.2) is 59.8 Å². The predicted molar refractivity (Wildman–Crippen MR) is 110 cm³/mol. The van der Waals surface area contributed by atoms with Crippen molar-refractivity contribution >= 4 is 23.4 Å². The number of benzene rings is 2. The molecule has 0 saturated heterocycles. The molecule has 28 heavy (non-hydrogen) atoms. The van der Waals surface area contributed by atoms with Crippen molar-refractivity contribution in [3.8, 4) is 11.4 Å². The molecule has 0 spiro atoms. The Morgan fingerprint density at radius 1 is 1.18 bits per heavy atom. The Labute approximate surface area is 168 Å². The van der Waals surface area contributed by atoms with Gasteiger partial charge in [-0.2, -0.15) is 0 Å². The number of carbonyl (C=O) groups is 1. The molecule has 1 heterocycles. The zero-order valence-electron chi connectivity index (χ0n) is 15.8. The zero-order chi connectivity index (χ0) is 19.5. The standard InChI is InChI=1S/C21H22N4O2S/c1-14(20(26)22-16-10-12-18(27-2)13-11-16)28-21-23-19(15-8-9-15)25(24-21)17-6-4-3-5-7-17/h3-7,10-15H,8-9H2,1-2H3,(H,22,26)/t14-/m1/s1. The Bertz CT molecular complexity index is 952. The van der Waals surface area contributed by atoms with E-state index in [1.807, 2.05) is 66.2 Å². The van der Waals surface area contributed by atoms with Crippen LogP contribution in [0.4, 0.5) is 5.69 Å². The van der Waals surface area contributed by atoms with Gasteiger partial charge in [0.25, 0.3) is 0 Å². The molecule has 0 aliphatic heterocycles. The molecule has 0 unspecified atom stereocenters. The third kappa shape index (κ3) is 4.20. The van der Waals surface area contributed by atoms with Gasteiger partial charge in [0.05, 0.1) is 18.0 Å². The van der Waals surface area contributed by atoms with Gasteiger partial charge in [-0.05, 0) is 56.2 Å². The first-order valence-corrected chi connectivity index (χ1v) is 10.2. The van der Waals surface area contributed by atoms with E-state index in [4.69, 9.17) is 9.72 Å². The summed E-state index contributed by atoms with van der Waals surface area (Å²) in [4.78, 5) is 17.3. The Hall–Kier alpha value is -2.80. The number of methoxy groups -OCH3 is 1. The van der Waals surface area contributed by atoms with Crippen molar-refractivity contribution in [1.82, 2.24) is 14.8 Å². The van der Waals surface area contributed by atoms with Crippen LogP contribution in [-0.2, 0) is 4.79 Å². The number of anilines is 1. The summed E-state index contributed by atoms with van der Waals surface area (Å²) in [7, 11) is 1.61. The van der Waals surface area contributed by atoms with Crippen LogP contribution in [0.2, 0.25) is 0 Å². The van der Waals surface area contributed by atoms with Crippen LogP contribution in [0.1, 0.15) is 31.5 Å². The van der Waals surface area contributed by atoms with E-state index in [9.17, 15) is 4.79 Å². The Balaban J connectivity index is 1.46. The van der Waals surface area contributed by atoms with E-state index in [0.717, 1.165) is 35.8 Å². The molecule has 1 fully saturated rings. The molecule has 0 bridgehead atoms. The van der Waals surface area contributed by atoms with Crippen molar-refractivity contribution in [3.63, 3.8) is 0 Å². The van der Waals surface area contributed by atoms with E-state index in [1.165, 1.54) is 11.8 Å². The highest BCUT2D eigenvalue weighted by Crippen LogP contribution is 2.40. The summed E-state index contributed by atoms with van der Waals surface area (Å²) in [5.41, 5.74) is 1.73. The van der Waals surface area contributed by atoms with Gasteiger partial charge in [-0.1, -0.05) is 30.0 Å². The predicted octanol–water partition coefficient (Wildman–Crippen LogP) is 4.27. The molecule has 3 aromatic rings. The number of nitrogens with one attached hydrogen (secondary N) is 1. The summed E-state index contributed by atoms with van der Waals surface area (Å²) in [5.74, 6) is 2.12. The largest absolute Gasteiger partial charge is 0.497 e. The van der Waals surface area contributed by atoms with Crippen LogP contribution in [0.25, 0.3) is 5.69 Å². The molecular formula is C21H22N4O2S. The number of hydrogen-bond acceptors (Lipinski definition) is 5. The van der Waals surface area contributed by atoms with E-state index in [2.05, 4.69) is 10.4 Å². The van der Waals surface area contributed by atoms with Crippen LogP contribution in [0.3, 0.4) is 0 Å². The molecule has 1 atom stereocenters. The number of ether oxygens (including phenoxy) is 1. The molecule has 4 rings (SSSR count). The fraction of sp³-hybridized carbons (Fsp3) is 0.286. The van der Waals surface area contributed by atoms with Gasteiger partial charge in [0, 0.05) is 11.6 Å². The maximum Gasteiger partial charge on any atom is 0.237 e. The second kappa shape index (κ2) is 8.06. The smallest absolute Gasteiger partial charge is 0.237 e. The number of amides is 1. The molecule has 1 aliphatic rings. The lowest BCUT2D eigenvalue weighted by molar-refractivity contribution is -0.115. The number of rotatable bonds is 7. The molecule has 1 aromatic heterocycles. The number of carbonyl (C=O) groups excluding carboxylic acids is 1. The monoisotopic (exact) mass is 394 g/mol. The van der Waals surface area contributed by atoms with E-state index in [0.29, 0.717) is 11.1 Å². The average Bonchev–Trinajstić information content (AvgIpc) is 3.49. The minimum atomic E-state index is -0.319. The third-order valence-corrected chi connectivity index (χ3v) is 5.52. The average molecular weight is 395 g/mol. The van der Waals surface area contributed by atoms with E-state index < -0.39 is 0 Å². The van der Waals surface area contributed by atoms with Gasteiger partial charge in [0.15, 0.2) is 0 Å². The van der Waals surface area contributed by atoms with Crippen LogP contribution in [0, 0.1) is 0 Å². The topological polar surface area (TPSA) is 69.0 Å². The lowest BCUT2D eigenvalue weighted by Gasteiger charge is -2.10. The summed E-state index contributed by atoms with van der Waals surface area (Å²) in [6, 6.07) is 17.3. The van der Waals surface area contributed by atoms with Crippen molar-refractivity contribution < 1.29 is 9.53 Å². The van der Waals surface area contributed by atoms with E-state index >= 15 is 0 Å². The van der Waals surface area contributed by atoms with Gasteiger partial charge < -0.3 is 10.1 Å². The lowest BCUT2D eigenvalue weighted by atomic mass is 10.3. The van der Waals surface area contributed by atoms with E-state index in [1.54, 1.807) is 7.11 Å². The Morgan fingerprint density at radius 3 is 2.54 bits per heavy atom. The first-order chi connectivity index (χ1) is 13.6. The summed E-state index contributed by atoms with van der Waals surface area (Å²) >= 11 is 1.37. The summed E-state index contributed by atoms with van der Waals surface area (Å²) in [5, 5.41) is 7.90. The molecule has 1 N–H and O–H groups in total. The summed E-state index contributed by atoms with van der Waals surface area (Å²) in [6.07, 6.45) is 2.28. The maximum absolute atomic E-state index is 12.6. The van der Waals surface area contributed by atoms with Crippen molar-refractivity contribution in [2.45, 2.75) is 36.1 Å². The SMILES string of the molecule is COc1ccc(NC(=O)[C@@H](C)Sc2nc(C3CC3)n(-c3ccccc3)n2)cc1. The highest BCUT2D eigenvalue weighted by molar-refractivity contribution is 8.00. The maximum atomic E-state index is 12.6. The number of hydrogen-bond donors (Lipinski definition) is 1. The molecule has 2 aromatic carbocycles. The number of para-hydroxylation sites is 1. The fourth-order valence-electron chi connectivity index (χ4n) is 2.85. The molecule has 144 valence electrons. The van der Waals surface area contributed by atoms with Gasteiger partial charge >= 0.3 is 0 Å². The van der Waals surface area contributed by atoms with Crippen LogP contribution in [-0.4, -0.2) is 33.0 Å². The van der Waals surface area contributed by atoms with Gasteiger partial charge in [-0.25, -0.2) is 9.67 Å². The molecule has 6 nitrogen and oxygen atoms in total.